The van der Waals surface area contributed by atoms with E-state index in [0.717, 1.165) is 12.8 Å². The van der Waals surface area contributed by atoms with E-state index in [2.05, 4.69) is 19.2 Å². The third-order valence-electron chi connectivity index (χ3n) is 4.57. The average molecular weight is 337 g/mol. The second-order valence-electron chi connectivity index (χ2n) is 6.35. The molecule has 1 fully saturated rings. The van der Waals surface area contributed by atoms with Gasteiger partial charge in [-0.05, 0) is 30.4 Å². The van der Waals surface area contributed by atoms with Crippen molar-refractivity contribution in [2.75, 3.05) is 13.2 Å². The molecule has 0 heterocycles. The highest BCUT2D eigenvalue weighted by atomic mass is 19.1. The van der Waals surface area contributed by atoms with Crippen LogP contribution in [-0.4, -0.2) is 31.1 Å². The minimum Gasteiger partial charge on any atom is -0.482 e. The van der Waals surface area contributed by atoms with E-state index >= 15 is 0 Å². The van der Waals surface area contributed by atoms with Crippen LogP contribution < -0.4 is 10.1 Å². The van der Waals surface area contributed by atoms with Gasteiger partial charge in [0.1, 0.15) is 11.6 Å². The average Bonchev–Trinajstić information content (AvgIpc) is 2.55. The van der Waals surface area contributed by atoms with Crippen LogP contribution in [0.25, 0.3) is 0 Å². The summed E-state index contributed by atoms with van der Waals surface area (Å²) in [6, 6.07) is 5.60. The van der Waals surface area contributed by atoms with Crippen molar-refractivity contribution in [2.45, 2.75) is 39.2 Å². The second-order valence-corrected chi connectivity index (χ2v) is 6.35. The van der Waals surface area contributed by atoms with Crippen LogP contribution in [0.1, 0.15) is 33.1 Å². The SMILES string of the molecule is C[C@@H]1[C@@H](C)CCC[C@H]1NC(=O)COC(=O)COc1cccc(F)c1. The maximum Gasteiger partial charge on any atom is 0.344 e. The predicted molar refractivity (Wildman–Crippen MR) is 87.0 cm³/mol. The first-order valence-electron chi connectivity index (χ1n) is 8.29. The first-order valence-corrected chi connectivity index (χ1v) is 8.29. The third-order valence-corrected chi connectivity index (χ3v) is 4.57. The number of hydrogen-bond donors (Lipinski definition) is 1. The van der Waals surface area contributed by atoms with Gasteiger partial charge in [0, 0.05) is 12.1 Å². The fourth-order valence-electron chi connectivity index (χ4n) is 2.92. The predicted octanol–water partition coefficient (Wildman–Crippen LogP) is 2.69. The lowest BCUT2D eigenvalue weighted by Crippen LogP contribution is -2.45. The summed E-state index contributed by atoms with van der Waals surface area (Å²) >= 11 is 0. The van der Waals surface area contributed by atoms with E-state index in [0.29, 0.717) is 11.8 Å². The van der Waals surface area contributed by atoms with E-state index in [4.69, 9.17) is 9.47 Å². The zero-order valence-corrected chi connectivity index (χ0v) is 14.1. The van der Waals surface area contributed by atoms with Crippen LogP contribution in [0.15, 0.2) is 24.3 Å². The fraction of sp³-hybridized carbons (Fsp3) is 0.556. The Kier molecular flexibility index (Phi) is 6.58. The van der Waals surface area contributed by atoms with Crippen molar-refractivity contribution in [1.29, 1.82) is 0 Å². The molecule has 1 amide bonds. The molecule has 0 saturated heterocycles. The van der Waals surface area contributed by atoms with E-state index in [9.17, 15) is 14.0 Å². The Morgan fingerprint density at radius 2 is 2.04 bits per heavy atom. The highest BCUT2D eigenvalue weighted by Gasteiger charge is 2.28. The number of amides is 1. The summed E-state index contributed by atoms with van der Waals surface area (Å²) in [4.78, 5) is 23.5. The number of nitrogens with one attached hydrogen (secondary N) is 1. The fourth-order valence-corrected chi connectivity index (χ4v) is 2.92. The van der Waals surface area contributed by atoms with E-state index in [1.165, 1.54) is 30.7 Å². The molecule has 0 aromatic heterocycles. The summed E-state index contributed by atoms with van der Waals surface area (Å²) in [5.41, 5.74) is 0. The molecule has 0 bridgehead atoms. The van der Waals surface area contributed by atoms with Crippen LogP contribution >= 0.6 is 0 Å². The smallest absolute Gasteiger partial charge is 0.344 e. The van der Waals surface area contributed by atoms with Gasteiger partial charge in [0.2, 0.25) is 0 Å². The zero-order chi connectivity index (χ0) is 17.5. The Bertz CT molecular complexity index is 578. The van der Waals surface area contributed by atoms with Crippen LogP contribution in [0.5, 0.6) is 5.75 Å². The topological polar surface area (TPSA) is 64.6 Å². The molecular weight excluding hydrogens is 313 g/mol. The monoisotopic (exact) mass is 337 g/mol. The summed E-state index contributed by atoms with van der Waals surface area (Å²) < 4.78 is 23.0. The lowest BCUT2D eigenvalue weighted by molar-refractivity contribution is -0.150. The molecule has 1 aromatic rings. The maximum absolute atomic E-state index is 13.0. The number of rotatable bonds is 6. The van der Waals surface area contributed by atoms with Crippen LogP contribution in [0.4, 0.5) is 4.39 Å². The summed E-state index contributed by atoms with van der Waals surface area (Å²) in [5.74, 6) is -0.196. The minimum absolute atomic E-state index is 0.128. The molecule has 0 spiro atoms. The largest absolute Gasteiger partial charge is 0.482 e. The zero-order valence-electron chi connectivity index (χ0n) is 14.1. The van der Waals surface area contributed by atoms with Gasteiger partial charge in [0.05, 0.1) is 0 Å². The van der Waals surface area contributed by atoms with Gasteiger partial charge in [-0.1, -0.05) is 32.8 Å². The van der Waals surface area contributed by atoms with Crippen molar-refractivity contribution in [2.24, 2.45) is 11.8 Å². The number of halogens is 1. The van der Waals surface area contributed by atoms with Crippen LogP contribution in [0, 0.1) is 17.7 Å². The number of benzene rings is 1. The van der Waals surface area contributed by atoms with E-state index in [1.54, 1.807) is 0 Å². The Morgan fingerprint density at radius 3 is 2.79 bits per heavy atom. The van der Waals surface area contributed by atoms with Gasteiger partial charge in [-0.15, -0.1) is 0 Å². The number of ether oxygens (including phenoxy) is 2. The lowest BCUT2D eigenvalue weighted by Gasteiger charge is -2.34. The molecule has 1 aromatic carbocycles. The van der Waals surface area contributed by atoms with Crippen molar-refractivity contribution in [3.05, 3.63) is 30.1 Å². The summed E-state index contributed by atoms with van der Waals surface area (Å²) in [5, 5.41) is 2.93. The van der Waals surface area contributed by atoms with E-state index in [1.807, 2.05) is 0 Å². The van der Waals surface area contributed by atoms with Crippen LogP contribution in [-0.2, 0) is 14.3 Å². The molecule has 0 radical (unpaired) electrons. The first kappa shape index (κ1) is 18.2. The molecule has 1 aliphatic carbocycles. The molecule has 1 N–H and O–H groups in total. The molecule has 132 valence electrons. The summed E-state index contributed by atoms with van der Waals surface area (Å²) in [7, 11) is 0. The summed E-state index contributed by atoms with van der Waals surface area (Å²) in [6.45, 7) is 3.62. The standard InChI is InChI=1S/C18H24FNO4/c1-12-5-3-8-16(13(12)2)20-17(21)10-24-18(22)11-23-15-7-4-6-14(19)9-15/h4,6-7,9,12-13,16H,3,5,8,10-11H2,1-2H3,(H,20,21)/t12-,13+,16+/m0/s1. The van der Waals surface area contributed by atoms with Gasteiger partial charge < -0.3 is 14.8 Å². The number of carbonyl (C=O) groups is 2. The molecule has 5 nitrogen and oxygen atoms in total. The molecule has 0 aliphatic heterocycles. The highest BCUT2D eigenvalue weighted by Crippen LogP contribution is 2.29. The Balaban J connectivity index is 1.68. The van der Waals surface area contributed by atoms with E-state index < -0.39 is 11.8 Å². The van der Waals surface area contributed by atoms with Gasteiger partial charge in [-0.25, -0.2) is 9.18 Å². The van der Waals surface area contributed by atoms with Gasteiger partial charge in [-0.3, -0.25) is 4.79 Å². The highest BCUT2D eigenvalue weighted by molar-refractivity contribution is 5.81. The molecule has 2 rings (SSSR count). The molecular formula is C18H24FNO4. The molecule has 1 saturated carbocycles. The minimum atomic E-state index is -0.667. The van der Waals surface area contributed by atoms with Crippen LogP contribution in [0.2, 0.25) is 0 Å². The quantitative estimate of drug-likeness (QED) is 0.811. The normalized spacial score (nSPS) is 23.4. The first-order chi connectivity index (χ1) is 11.5. The van der Waals surface area contributed by atoms with Crippen molar-refractivity contribution in [3.8, 4) is 5.75 Å². The molecule has 1 aliphatic rings. The number of carbonyl (C=O) groups excluding carboxylic acids is 2. The second kappa shape index (κ2) is 8.66. The molecule has 0 unspecified atom stereocenters. The van der Waals surface area contributed by atoms with Crippen molar-refractivity contribution < 1.29 is 23.5 Å². The van der Waals surface area contributed by atoms with Gasteiger partial charge in [-0.2, -0.15) is 0 Å². The van der Waals surface area contributed by atoms with Crippen molar-refractivity contribution in [3.63, 3.8) is 0 Å². The third kappa shape index (κ3) is 5.51. The molecule has 24 heavy (non-hydrogen) atoms. The van der Waals surface area contributed by atoms with Crippen molar-refractivity contribution >= 4 is 11.9 Å². The Hall–Kier alpha value is -2.11. The number of hydrogen-bond acceptors (Lipinski definition) is 4. The Labute approximate surface area is 141 Å². The van der Waals surface area contributed by atoms with Gasteiger partial charge >= 0.3 is 5.97 Å². The van der Waals surface area contributed by atoms with Gasteiger partial charge in [0.15, 0.2) is 13.2 Å². The van der Waals surface area contributed by atoms with Crippen molar-refractivity contribution in [1.82, 2.24) is 5.32 Å². The van der Waals surface area contributed by atoms with Gasteiger partial charge in [0.25, 0.3) is 5.91 Å². The van der Waals surface area contributed by atoms with E-state index in [-0.39, 0.29) is 30.9 Å². The molecule has 6 heteroatoms. The maximum atomic E-state index is 13.0. The Morgan fingerprint density at radius 1 is 1.25 bits per heavy atom. The lowest BCUT2D eigenvalue weighted by atomic mass is 9.78. The van der Waals surface area contributed by atoms with Crippen LogP contribution in [0.3, 0.4) is 0 Å². The molecule has 3 atom stereocenters. The number of esters is 1. The summed E-state index contributed by atoms with van der Waals surface area (Å²) in [6.07, 6.45) is 3.23.